The van der Waals surface area contributed by atoms with Crippen LogP contribution in [0.1, 0.15) is 53.5 Å². The molecule has 1 heterocycles. The van der Waals surface area contributed by atoms with Gasteiger partial charge in [-0.15, -0.1) is 0 Å². The van der Waals surface area contributed by atoms with Crippen molar-refractivity contribution in [1.82, 2.24) is 5.32 Å². The molecule has 2 rings (SSSR count). The minimum Gasteiger partial charge on any atom is -0.506 e. The number of esters is 1. The minimum absolute atomic E-state index is 0.0404. The average molecular weight is 370 g/mol. The summed E-state index contributed by atoms with van der Waals surface area (Å²) in [7, 11) is 0. The number of ether oxygens (including phenoxy) is 1. The molecule has 0 saturated heterocycles. The molecule has 0 spiro atoms. The molecule has 0 fully saturated rings. The second-order valence-corrected chi connectivity index (χ2v) is 6.93. The Balaban J connectivity index is 2.38. The Hall–Kier alpha value is -2.28. The van der Waals surface area contributed by atoms with Crippen LogP contribution in [0.3, 0.4) is 0 Å². The normalized spacial score (nSPS) is 17.6. The Morgan fingerprint density at radius 2 is 2.08 bits per heavy atom. The fourth-order valence-corrected chi connectivity index (χ4v) is 3.05. The molecule has 0 bridgehead atoms. The predicted molar refractivity (Wildman–Crippen MR) is 90.0 cm³/mol. The highest BCUT2D eigenvalue weighted by atomic mass is 35.5. The van der Waals surface area contributed by atoms with Crippen molar-refractivity contribution >= 4 is 29.4 Å². The summed E-state index contributed by atoms with van der Waals surface area (Å²) in [6.07, 6.45) is 0.152. The first-order chi connectivity index (χ1) is 11.6. The fourth-order valence-electron chi connectivity index (χ4n) is 2.77. The molecule has 1 amide bonds. The van der Waals surface area contributed by atoms with Gasteiger partial charge >= 0.3 is 11.9 Å². The van der Waals surface area contributed by atoms with Gasteiger partial charge in [0, 0.05) is 11.4 Å². The molecule has 0 aromatic heterocycles. The van der Waals surface area contributed by atoms with Crippen LogP contribution in [0.4, 0.5) is 0 Å². The highest BCUT2D eigenvalue weighted by Crippen LogP contribution is 2.36. The van der Waals surface area contributed by atoms with Gasteiger partial charge in [0.2, 0.25) is 0 Å². The van der Waals surface area contributed by atoms with Gasteiger partial charge in [-0.1, -0.05) is 25.4 Å². The molecular formula is C17H20ClNO6. The number of nitrogens with one attached hydrogen (secondary N) is 1. The molecule has 0 radical (unpaired) electrons. The average Bonchev–Trinajstić information content (AvgIpc) is 2.48. The number of halogens is 1. The summed E-state index contributed by atoms with van der Waals surface area (Å²) in [5.74, 6) is -3.28. The molecule has 136 valence electrons. The van der Waals surface area contributed by atoms with Crippen LogP contribution < -0.4 is 5.32 Å². The lowest BCUT2D eigenvalue weighted by atomic mass is 9.95. The maximum atomic E-state index is 12.4. The van der Waals surface area contributed by atoms with Crippen molar-refractivity contribution in [2.75, 3.05) is 0 Å². The van der Waals surface area contributed by atoms with Crippen LogP contribution in [0.15, 0.2) is 6.07 Å². The molecule has 1 aromatic rings. The lowest BCUT2D eigenvalue weighted by Gasteiger charge is -2.24. The lowest BCUT2D eigenvalue weighted by molar-refractivity contribution is -0.139. The fraction of sp³-hybridized carbons (Fsp3) is 0.471. The van der Waals surface area contributed by atoms with Crippen LogP contribution in [0.25, 0.3) is 0 Å². The van der Waals surface area contributed by atoms with E-state index in [1.807, 2.05) is 13.8 Å². The Labute approximate surface area is 149 Å². The van der Waals surface area contributed by atoms with Crippen molar-refractivity contribution in [3.63, 3.8) is 0 Å². The summed E-state index contributed by atoms with van der Waals surface area (Å²) in [6.45, 7) is 5.34. The van der Waals surface area contributed by atoms with Gasteiger partial charge in [0.25, 0.3) is 5.91 Å². The van der Waals surface area contributed by atoms with Gasteiger partial charge in [0.15, 0.2) is 0 Å². The number of hydrogen-bond acceptors (Lipinski definition) is 5. The van der Waals surface area contributed by atoms with Crippen LogP contribution in [-0.2, 0) is 16.0 Å². The quantitative estimate of drug-likeness (QED) is 0.687. The number of fused-ring (bicyclic) bond motifs is 1. The van der Waals surface area contributed by atoms with E-state index in [-0.39, 0.29) is 34.6 Å². The van der Waals surface area contributed by atoms with Gasteiger partial charge in [-0.05, 0) is 30.9 Å². The van der Waals surface area contributed by atoms with Crippen LogP contribution >= 0.6 is 11.6 Å². The Bertz CT molecular complexity index is 730. The molecule has 1 unspecified atom stereocenters. The van der Waals surface area contributed by atoms with E-state index in [1.165, 1.54) is 6.07 Å². The number of carboxylic acid groups (broad SMARTS) is 1. The maximum absolute atomic E-state index is 12.4. The molecule has 7 nitrogen and oxygen atoms in total. The van der Waals surface area contributed by atoms with Crippen molar-refractivity contribution in [2.24, 2.45) is 5.92 Å². The van der Waals surface area contributed by atoms with Crippen LogP contribution in [0.5, 0.6) is 5.75 Å². The number of phenolic OH excluding ortho intramolecular Hbond substituents is 1. The first kappa shape index (κ1) is 19.1. The number of hydrogen-bond donors (Lipinski definition) is 3. The Morgan fingerprint density at radius 1 is 1.44 bits per heavy atom. The number of aliphatic carboxylic acids is 1. The third kappa shape index (κ3) is 4.04. The van der Waals surface area contributed by atoms with Gasteiger partial charge < -0.3 is 20.3 Å². The van der Waals surface area contributed by atoms with E-state index >= 15 is 0 Å². The summed E-state index contributed by atoms with van der Waals surface area (Å²) in [4.78, 5) is 35.8. The van der Waals surface area contributed by atoms with Crippen molar-refractivity contribution in [2.45, 2.75) is 45.8 Å². The standard InChI is InChI=1S/C17H20ClNO6/c1-7(2)4-12(16(22)23)19-15(21)10-6-11(18)9-5-8(3)25-17(24)13(9)14(10)20/h6-8,12,20H,4-5H2,1-3H3,(H,19,21)(H,22,23)/t8?,12-/m0/s1. The van der Waals surface area contributed by atoms with E-state index in [2.05, 4.69) is 5.32 Å². The predicted octanol–water partition coefficient (Wildman–Crippen LogP) is 2.38. The van der Waals surface area contributed by atoms with Crippen LogP contribution in [0, 0.1) is 5.92 Å². The van der Waals surface area contributed by atoms with E-state index in [4.69, 9.17) is 16.3 Å². The summed E-state index contributed by atoms with van der Waals surface area (Å²) >= 11 is 6.16. The zero-order valence-corrected chi connectivity index (χ0v) is 14.9. The van der Waals surface area contributed by atoms with E-state index in [0.717, 1.165) is 0 Å². The number of cyclic esters (lactones) is 1. The van der Waals surface area contributed by atoms with E-state index in [1.54, 1.807) is 6.92 Å². The first-order valence-corrected chi connectivity index (χ1v) is 8.28. The molecule has 1 aliphatic rings. The molecule has 1 aromatic carbocycles. The minimum atomic E-state index is -1.18. The summed E-state index contributed by atoms with van der Waals surface area (Å²) in [5.41, 5.74) is 0.00757. The van der Waals surface area contributed by atoms with Crippen molar-refractivity contribution in [1.29, 1.82) is 0 Å². The SMILES string of the molecule is CC(C)C[C@H](NC(=O)c1cc(Cl)c2c(c1O)C(=O)OC(C)C2)C(=O)O. The van der Waals surface area contributed by atoms with Crippen LogP contribution in [0.2, 0.25) is 5.02 Å². The number of amides is 1. The van der Waals surface area contributed by atoms with Gasteiger partial charge in [-0.25, -0.2) is 9.59 Å². The first-order valence-electron chi connectivity index (χ1n) is 7.90. The number of phenols is 1. The number of carbonyl (C=O) groups is 3. The van der Waals surface area contributed by atoms with Crippen molar-refractivity contribution in [3.05, 3.63) is 27.8 Å². The largest absolute Gasteiger partial charge is 0.506 e. The summed E-state index contributed by atoms with van der Waals surface area (Å²) in [5, 5.41) is 22.1. The van der Waals surface area contributed by atoms with Crippen molar-refractivity contribution < 1.29 is 29.3 Å². The second kappa shape index (κ2) is 7.31. The van der Waals surface area contributed by atoms with Crippen LogP contribution in [-0.4, -0.2) is 40.2 Å². The maximum Gasteiger partial charge on any atom is 0.342 e. The van der Waals surface area contributed by atoms with Gasteiger partial charge in [-0.3, -0.25) is 4.79 Å². The molecular weight excluding hydrogens is 350 g/mol. The third-order valence-electron chi connectivity index (χ3n) is 3.91. The number of aromatic hydroxyl groups is 1. The van der Waals surface area contributed by atoms with E-state index in [0.29, 0.717) is 12.0 Å². The third-order valence-corrected chi connectivity index (χ3v) is 4.25. The highest BCUT2D eigenvalue weighted by Gasteiger charge is 2.33. The Kier molecular flexibility index (Phi) is 5.57. The lowest BCUT2D eigenvalue weighted by Crippen LogP contribution is -2.41. The van der Waals surface area contributed by atoms with Crippen molar-refractivity contribution in [3.8, 4) is 5.75 Å². The number of rotatable bonds is 5. The van der Waals surface area contributed by atoms with E-state index in [9.17, 15) is 24.6 Å². The van der Waals surface area contributed by atoms with Gasteiger partial charge in [0.05, 0.1) is 5.56 Å². The number of benzene rings is 1. The number of carboxylic acids is 1. The molecule has 1 aliphatic heterocycles. The van der Waals surface area contributed by atoms with Gasteiger partial charge in [-0.2, -0.15) is 0 Å². The zero-order valence-electron chi connectivity index (χ0n) is 14.1. The molecule has 0 saturated carbocycles. The molecule has 8 heteroatoms. The second-order valence-electron chi connectivity index (χ2n) is 6.52. The summed E-state index contributed by atoms with van der Waals surface area (Å²) in [6, 6.07) is 0.124. The topological polar surface area (TPSA) is 113 Å². The number of carbonyl (C=O) groups excluding carboxylic acids is 2. The Morgan fingerprint density at radius 3 is 2.64 bits per heavy atom. The zero-order chi connectivity index (χ0) is 18.9. The monoisotopic (exact) mass is 369 g/mol. The smallest absolute Gasteiger partial charge is 0.342 e. The molecule has 2 atom stereocenters. The summed E-state index contributed by atoms with van der Waals surface area (Å²) < 4.78 is 5.07. The van der Waals surface area contributed by atoms with E-state index < -0.39 is 29.6 Å². The molecule has 0 aliphatic carbocycles. The molecule has 3 N–H and O–H groups in total. The highest BCUT2D eigenvalue weighted by molar-refractivity contribution is 6.32. The van der Waals surface area contributed by atoms with Gasteiger partial charge in [0.1, 0.15) is 23.5 Å². The molecule has 25 heavy (non-hydrogen) atoms.